The summed E-state index contributed by atoms with van der Waals surface area (Å²) in [6.07, 6.45) is 1.93. The number of hydrogen-bond acceptors (Lipinski definition) is 2. The van der Waals surface area contributed by atoms with Crippen LogP contribution >= 0.6 is 11.6 Å². The Hall–Kier alpha value is -2.20. The molecule has 5 heteroatoms. The number of phenolic OH excluding ortho intramolecular Hbond substituents is 1. The lowest BCUT2D eigenvalue weighted by Gasteiger charge is -2.19. The third kappa shape index (κ3) is 5.46. The summed E-state index contributed by atoms with van der Waals surface area (Å²) in [6.45, 7) is 2.88. The monoisotopic (exact) mass is 345 g/mol. The topological polar surface area (TPSA) is 56.7 Å². The molecular formula is C19H24ClN3O. The van der Waals surface area contributed by atoms with E-state index in [-0.39, 0.29) is 6.04 Å². The number of halogens is 1. The first-order valence-electron chi connectivity index (χ1n) is 8.09. The largest absolute Gasteiger partial charge is 0.508 e. The fourth-order valence-electron chi connectivity index (χ4n) is 2.47. The Bertz CT molecular complexity index is 671. The molecule has 3 N–H and O–H groups in total. The van der Waals surface area contributed by atoms with Gasteiger partial charge < -0.3 is 15.7 Å². The molecule has 0 aliphatic heterocycles. The molecule has 0 amide bonds. The lowest BCUT2D eigenvalue weighted by Crippen LogP contribution is -2.39. The zero-order chi connectivity index (χ0) is 17.4. The van der Waals surface area contributed by atoms with Crippen molar-refractivity contribution in [1.82, 2.24) is 10.6 Å². The molecule has 0 aliphatic rings. The van der Waals surface area contributed by atoms with E-state index in [4.69, 9.17) is 11.6 Å². The highest BCUT2D eigenvalue weighted by Gasteiger charge is 2.10. The number of guanidine groups is 1. The van der Waals surface area contributed by atoms with Crippen LogP contribution in [-0.2, 0) is 6.42 Å². The van der Waals surface area contributed by atoms with E-state index >= 15 is 0 Å². The molecule has 2 aromatic carbocycles. The van der Waals surface area contributed by atoms with E-state index in [1.165, 1.54) is 5.56 Å². The summed E-state index contributed by atoms with van der Waals surface area (Å²) in [4.78, 5) is 4.26. The van der Waals surface area contributed by atoms with Crippen molar-refractivity contribution < 1.29 is 5.11 Å². The molecule has 128 valence electrons. The number of benzene rings is 2. The van der Waals surface area contributed by atoms with Gasteiger partial charge in [0.15, 0.2) is 5.96 Å². The molecule has 2 rings (SSSR count). The van der Waals surface area contributed by atoms with E-state index in [1.54, 1.807) is 19.2 Å². The summed E-state index contributed by atoms with van der Waals surface area (Å²) in [6, 6.07) is 15.2. The number of aromatic hydroxyl groups is 1. The van der Waals surface area contributed by atoms with Gasteiger partial charge in [-0.2, -0.15) is 0 Å². The van der Waals surface area contributed by atoms with Crippen molar-refractivity contribution in [3.8, 4) is 5.75 Å². The van der Waals surface area contributed by atoms with Crippen molar-refractivity contribution in [1.29, 1.82) is 0 Å². The first-order chi connectivity index (χ1) is 11.6. The Morgan fingerprint density at radius 3 is 2.54 bits per heavy atom. The van der Waals surface area contributed by atoms with Crippen LogP contribution in [0.1, 0.15) is 30.5 Å². The summed E-state index contributed by atoms with van der Waals surface area (Å²) in [7, 11) is 1.76. The third-order valence-electron chi connectivity index (χ3n) is 3.82. The van der Waals surface area contributed by atoms with Crippen LogP contribution in [0.5, 0.6) is 5.75 Å². The molecule has 0 aromatic heterocycles. The van der Waals surface area contributed by atoms with Gasteiger partial charge in [-0.05, 0) is 49.1 Å². The Morgan fingerprint density at radius 1 is 1.17 bits per heavy atom. The van der Waals surface area contributed by atoms with Gasteiger partial charge in [0, 0.05) is 18.6 Å². The molecule has 2 aromatic rings. The maximum absolute atomic E-state index is 9.28. The van der Waals surface area contributed by atoms with Gasteiger partial charge >= 0.3 is 0 Å². The second kappa shape index (κ2) is 9.18. The normalized spacial score (nSPS) is 12.7. The number of aryl methyl sites for hydroxylation is 1. The SMILES string of the molecule is CN=C(NCCCc1ccc(O)cc1)NC(C)c1ccccc1Cl. The highest BCUT2D eigenvalue weighted by molar-refractivity contribution is 6.31. The lowest BCUT2D eigenvalue weighted by atomic mass is 10.1. The summed E-state index contributed by atoms with van der Waals surface area (Å²) >= 11 is 6.23. The summed E-state index contributed by atoms with van der Waals surface area (Å²) < 4.78 is 0. The highest BCUT2D eigenvalue weighted by Crippen LogP contribution is 2.21. The van der Waals surface area contributed by atoms with Crippen LogP contribution in [0.2, 0.25) is 5.02 Å². The van der Waals surface area contributed by atoms with Gasteiger partial charge in [-0.15, -0.1) is 0 Å². The second-order valence-corrected chi connectivity index (χ2v) is 6.06. The molecule has 0 aliphatic carbocycles. The lowest BCUT2D eigenvalue weighted by molar-refractivity contribution is 0.475. The van der Waals surface area contributed by atoms with E-state index in [0.29, 0.717) is 5.75 Å². The smallest absolute Gasteiger partial charge is 0.191 e. The fraction of sp³-hybridized carbons (Fsp3) is 0.316. The van der Waals surface area contributed by atoms with Gasteiger partial charge in [0.05, 0.1) is 6.04 Å². The van der Waals surface area contributed by atoms with Gasteiger partial charge in [-0.3, -0.25) is 4.99 Å². The van der Waals surface area contributed by atoms with E-state index in [1.807, 2.05) is 36.4 Å². The average Bonchev–Trinajstić information content (AvgIpc) is 2.59. The fourth-order valence-corrected chi connectivity index (χ4v) is 2.77. The predicted octanol–water partition coefficient (Wildman–Crippen LogP) is 3.90. The zero-order valence-electron chi connectivity index (χ0n) is 14.1. The van der Waals surface area contributed by atoms with Crippen LogP contribution in [0, 0.1) is 0 Å². The minimum atomic E-state index is 0.0713. The second-order valence-electron chi connectivity index (χ2n) is 5.66. The molecule has 0 saturated carbocycles. The van der Waals surface area contributed by atoms with E-state index in [0.717, 1.165) is 35.9 Å². The molecule has 0 radical (unpaired) electrons. The van der Waals surface area contributed by atoms with Crippen LogP contribution in [-0.4, -0.2) is 24.7 Å². The van der Waals surface area contributed by atoms with Crippen molar-refractivity contribution in [2.45, 2.75) is 25.8 Å². The van der Waals surface area contributed by atoms with Gasteiger partial charge in [0.2, 0.25) is 0 Å². The summed E-state index contributed by atoms with van der Waals surface area (Å²) in [5.74, 6) is 1.06. The van der Waals surface area contributed by atoms with Gasteiger partial charge in [-0.1, -0.05) is 41.9 Å². The number of nitrogens with one attached hydrogen (secondary N) is 2. The minimum absolute atomic E-state index is 0.0713. The number of nitrogens with zero attached hydrogens (tertiary/aromatic N) is 1. The molecule has 0 saturated heterocycles. The van der Waals surface area contributed by atoms with Crippen molar-refractivity contribution in [3.05, 3.63) is 64.7 Å². The maximum atomic E-state index is 9.28. The van der Waals surface area contributed by atoms with Crippen LogP contribution in [0.15, 0.2) is 53.5 Å². The number of rotatable bonds is 6. The average molecular weight is 346 g/mol. The minimum Gasteiger partial charge on any atom is -0.508 e. The molecule has 0 fully saturated rings. The van der Waals surface area contributed by atoms with Crippen LogP contribution in [0.25, 0.3) is 0 Å². The van der Waals surface area contributed by atoms with E-state index in [2.05, 4.69) is 22.5 Å². The molecule has 0 spiro atoms. The van der Waals surface area contributed by atoms with Crippen LogP contribution < -0.4 is 10.6 Å². The molecule has 0 heterocycles. The molecular weight excluding hydrogens is 322 g/mol. The highest BCUT2D eigenvalue weighted by atomic mass is 35.5. The number of hydrogen-bond donors (Lipinski definition) is 3. The molecule has 24 heavy (non-hydrogen) atoms. The zero-order valence-corrected chi connectivity index (χ0v) is 14.8. The van der Waals surface area contributed by atoms with Crippen LogP contribution in [0.3, 0.4) is 0 Å². The first kappa shape index (κ1) is 18.1. The summed E-state index contributed by atoms with van der Waals surface area (Å²) in [5, 5.41) is 16.7. The predicted molar refractivity (Wildman–Crippen MR) is 101 cm³/mol. The third-order valence-corrected chi connectivity index (χ3v) is 4.16. The standard InChI is InChI=1S/C19H24ClN3O/c1-14(17-7-3-4-8-18(17)20)23-19(21-2)22-13-5-6-15-9-11-16(24)12-10-15/h3-4,7-12,14,24H,5-6,13H2,1-2H3,(H2,21,22,23). The summed E-state index contributed by atoms with van der Waals surface area (Å²) in [5.41, 5.74) is 2.26. The van der Waals surface area contributed by atoms with Gasteiger partial charge in [0.1, 0.15) is 5.75 Å². The first-order valence-corrected chi connectivity index (χ1v) is 8.47. The number of phenols is 1. The van der Waals surface area contributed by atoms with Crippen molar-refractivity contribution in [2.75, 3.05) is 13.6 Å². The Kier molecular flexibility index (Phi) is 6.94. The van der Waals surface area contributed by atoms with Crippen molar-refractivity contribution >= 4 is 17.6 Å². The quantitative estimate of drug-likeness (QED) is 0.423. The molecule has 1 unspecified atom stereocenters. The Labute approximate surface area is 148 Å². The van der Waals surface area contributed by atoms with E-state index < -0.39 is 0 Å². The van der Waals surface area contributed by atoms with Crippen molar-refractivity contribution in [3.63, 3.8) is 0 Å². The van der Waals surface area contributed by atoms with Crippen LogP contribution in [0.4, 0.5) is 0 Å². The molecule has 1 atom stereocenters. The van der Waals surface area contributed by atoms with Gasteiger partial charge in [-0.25, -0.2) is 0 Å². The maximum Gasteiger partial charge on any atom is 0.191 e. The molecule has 4 nitrogen and oxygen atoms in total. The Balaban J connectivity index is 1.78. The van der Waals surface area contributed by atoms with Gasteiger partial charge in [0.25, 0.3) is 0 Å². The molecule has 0 bridgehead atoms. The van der Waals surface area contributed by atoms with E-state index in [9.17, 15) is 5.11 Å². The number of aliphatic imine (C=N–C) groups is 1. The Morgan fingerprint density at radius 2 is 1.88 bits per heavy atom. The van der Waals surface area contributed by atoms with Crippen molar-refractivity contribution in [2.24, 2.45) is 4.99 Å².